The SMILES string of the molecule is Cc1cc(C(C)(C)C)ccc1OC(C)C(=N)N. The zero-order valence-electron chi connectivity index (χ0n) is 11.3. The van der Waals surface area contributed by atoms with Gasteiger partial charge in [0.2, 0.25) is 0 Å². The van der Waals surface area contributed by atoms with Crippen LogP contribution in [0.3, 0.4) is 0 Å². The van der Waals surface area contributed by atoms with E-state index in [-0.39, 0.29) is 17.4 Å². The zero-order chi connectivity index (χ0) is 13.2. The van der Waals surface area contributed by atoms with Gasteiger partial charge in [0, 0.05) is 0 Å². The van der Waals surface area contributed by atoms with Crippen LogP contribution in [0.1, 0.15) is 38.8 Å². The van der Waals surface area contributed by atoms with Gasteiger partial charge in [0.05, 0.1) is 0 Å². The Morgan fingerprint density at radius 3 is 2.35 bits per heavy atom. The molecule has 1 aromatic carbocycles. The number of aryl methyl sites for hydroxylation is 1. The van der Waals surface area contributed by atoms with Crippen molar-refractivity contribution in [2.24, 2.45) is 5.73 Å². The van der Waals surface area contributed by atoms with Crippen molar-refractivity contribution in [2.75, 3.05) is 0 Å². The van der Waals surface area contributed by atoms with E-state index in [1.807, 2.05) is 13.0 Å². The Labute approximate surface area is 103 Å². The molecule has 0 fully saturated rings. The van der Waals surface area contributed by atoms with Crippen molar-refractivity contribution in [3.8, 4) is 5.75 Å². The lowest BCUT2D eigenvalue weighted by molar-refractivity contribution is 0.282. The maximum absolute atomic E-state index is 7.31. The summed E-state index contributed by atoms with van der Waals surface area (Å²) in [6, 6.07) is 6.15. The molecule has 0 saturated heterocycles. The molecule has 0 bridgehead atoms. The minimum atomic E-state index is -0.380. The van der Waals surface area contributed by atoms with E-state index in [9.17, 15) is 0 Å². The Morgan fingerprint density at radius 1 is 1.35 bits per heavy atom. The molecule has 94 valence electrons. The fourth-order valence-electron chi connectivity index (χ4n) is 1.50. The second kappa shape index (κ2) is 4.78. The molecule has 0 amide bonds. The number of benzene rings is 1. The van der Waals surface area contributed by atoms with E-state index >= 15 is 0 Å². The standard InChI is InChI=1S/C14H22N2O/c1-9-8-11(14(3,4)5)6-7-12(9)17-10(2)13(15)16/h6-8,10H,1-5H3,(H3,15,16). The van der Waals surface area contributed by atoms with E-state index < -0.39 is 0 Å². The highest BCUT2D eigenvalue weighted by Crippen LogP contribution is 2.27. The number of rotatable bonds is 3. The van der Waals surface area contributed by atoms with Gasteiger partial charge in [0.1, 0.15) is 11.6 Å². The quantitative estimate of drug-likeness (QED) is 0.624. The summed E-state index contributed by atoms with van der Waals surface area (Å²) in [5, 5.41) is 7.31. The predicted molar refractivity (Wildman–Crippen MR) is 71.9 cm³/mol. The Bertz CT molecular complexity index is 419. The van der Waals surface area contributed by atoms with Gasteiger partial charge in [-0.05, 0) is 36.5 Å². The molecular weight excluding hydrogens is 212 g/mol. The molecule has 3 heteroatoms. The molecule has 0 radical (unpaired) electrons. The second-order valence-electron chi connectivity index (χ2n) is 5.45. The summed E-state index contributed by atoms with van der Waals surface area (Å²) in [7, 11) is 0. The fourth-order valence-corrected chi connectivity index (χ4v) is 1.50. The molecular formula is C14H22N2O. The fraction of sp³-hybridized carbons (Fsp3) is 0.500. The van der Waals surface area contributed by atoms with Crippen LogP contribution in [0, 0.1) is 12.3 Å². The molecule has 17 heavy (non-hydrogen) atoms. The van der Waals surface area contributed by atoms with Crippen LogP contribution in [0.2, 0.25) is 0 Å². The largest absolute Gasteiger partial charge is 0.483 e. The lowest BCUT2D eigenvalue weighted by Gasteiger charge is -2.21. The molecule has 1 rings (SSSR count). The van der Waals surface area contributed by atoms with Crippen LogP contribution in [-0.2, 0) is 5.41 Å². The molecule has 1 unspecified atom stereocenters. The van der Waals surface area contributed by atoms with Crippen molar-refractivity contribution in [1.82, 2.24) is 0 Å². The Hall–Kier alpha value is -1.51. The summed E-state index contributed by atoms with van der Waals surface area (Å²) in [6.45, 7) is 10.3. The summed E-state index contributed by atoms with van der Waals surface area (Å²) in [5.41, 5.74) is 7.88. The Kier molecular flexibility index (Phi) is 3.81. The van der Waals surface area contributed by atoms with Gasteiger partial charge in [-0.25, -0.2) is 0 Å². The first-order valence-corrected chi connectivity index (χ1v) is 5.83. The molecule has 0 heterocycles. The highest BCUT2D eigenvalue weighted by Gasteiger charge is 2.15. The van der Waals surface area contributed by atoms with Gasteiger partial charge in [0.15, 0.2) is 6.10 Å². The van der Waals surface area contributed by atoms with Crippen LogP contribution in [0.4, 0.5) is 0 Å². The number of hydrogen-bond acceptors (Lipinski definition) is 2. The normalized spacial score (nSPS) is 13.2. The van der Waals surface area contributed by atoms with Crippen LogP contribution in [0.25, 0.3) is 0 Å². The second-order valence-corrected chi connectivity index (χ2v) is 5.45. The molecule has 0 aliphatic carbocycles. The van der Waals surface area contributed by atoms with E-state index in [1.165, 1.54) is 5.56 Å². The van der Waals surface area contributed by atoms with Gasteiger partial charge in [-0.2, -0.15) is 0 Å². The number of amidine groups is 1. The third kappa shape index (κ3) is 3.48. The highest BCUT2D eigenvalue weighted by atomic mass is 16.5. The topological polar surface area (TPSA) is 59.1 Å². The van der Waals surface area contributed by atoms with E-state index in [4.69, 9.17) is 15.9 Å². The first-order valence-electron chi connectivity index (χ1n) is 5.83. The van der Waals surface area contributed by atoms with Crippen molar-refractivity contribution in [1.29, 1.82) is 5.41 Å². The third-order valence-electron chi connectivity index (χ3n) is 2.78. The summed E-state index contributed by atoms with van der Waals surface area (Å²) in [6.07, 6.45) is -0.380. The Balaban J connectivity index is 2.95. The molecule has 3 N–H and O–H groups in total. The van der Waals surface area contributed by atoms with Crippen LogP contribution in [-0.4, -0.2) is 11.9 Å². The number of hydrogen-bond donors (Lipinski definition) is 2. The molecule has 0 aliphatic rings. The zero-order valence-corrected chi connectivity index (χ0v) is 11.3. The van der Waals surface area contributed by atoms with Gasteiger partial charge in [-0.1, -0.05) is 32.9 Å². The lowest BCUT2D eigenvalue weighted by atomic mass is 9.86. The molecule has 0 spiro atoms. The van der Waals surface area contributed by atoms with Crippen LogP contribution in [0.5, 0.6) is 5.75 Å². The van der Waals surface area contributed by atoms with Crippen molar-refractivity contribution >= 4 is 5.84 Å². The summed E-state index contributed by atoms with van der Waals surface area (Å²) in [5.74, 6) is 0.838. The average Bonchev–Trinajstić information content (AvgIpc) is 2.19. The third-order valence-corrected chi connectivity index (χ3v) is 2.78. The molecule has 0 aromatic heterocycles. The van der Waals surface area contributed by atoms with E-state index in [0.717, 1.165) is 11.3 Å². The number of ether oxygens (including phenoxy) is 1. The van der Waals surface area contributed by atoms with Crippen LogP contribution < -0.4 is 10.5 Å². The van der Waals surface area contributed by atoms with Crippen molar-refractivity contribution in [3.63, 3.8) is 0 Å². The van der Waals surface area contributed by atoms with Gasteiger partial charge < -0.3 is 10.5 Å². The molecule has 0 saturated carbocycles. The summed E-state index contributed by atoms with van der Waals surface area (Å²) >= 11 is 0. The minimum Gasteiger partial charge on any atom is -0.483 e. The predicted octanol–water partition coefficient (Wildman–Crippen LogP) is 3.00. The molecule has 3 nitrogen and oxygen atoms in total. The highest BCUT2D eigenvalue weighted by molar-refractivity contribution is 5.81. The number of nitrogens with one attached hydrogen (secondary N) is 1. The van der Waals surface area contributed by atoms with Crippen LogP contribution in [0.15, 0.2) is 18.2 Å². The lowest BCUT2D eigenvalue weighted by Crippen LogP contribution is -2.30. The van der Waals surface area contributed by atoms with Gasteiger partial charge in [0.25, 0.3) is 0 Å². The maximum Gasteiger partial charge on any atom is 0.152 e. The minimum absolute atomic E-state index is 0.0456. The summed E-state index contributed by atoms with van der Waals surface area (Å²) in [4.78, 5) is 0. The summed E-state index contributed by atoms with van der Waals surface area (Å²) < 4.78 is 5.62. The van der Waals surface area contributed by atoms with Gasteiger partial charge >= 0.3 is 0 Å². The smallest absolute Gasteiger partial charge is 0.152 e. The van der Waals surface area contributed by atoms with Crippen LogP contribution >= 0.6 is 0 Å². The molecule has 0 aliphatic heterocycles. The van der Waals surface area contributed by atoms with Crippen molar-refractivity contribution in [2.45, 2.75) is 46.1 Å². The first kappa shape index (κ1) is 13.6. The molecule has 1 atom stereocenters. The average molecular weight is 234 g/mol. The molecule has 1 aromatic rings. The van der Waals surface area contributed by atoms with E-state index in [0.29, 0.717) is 0 Å². The van der Waals surface area contributed by atoms with E-state index in [2.05, 4.69) is 32.9 Å². The van der Waals surface area contributed by atoms with Gasteiger partial charge in [-0.15, -0.1) is 0 Å². The van der Waals surface area contributed by atoms with E-state index in [1.54, 1.807) is 6.92 Å². The van der Waals surface area contributed by atoms with Gasteiger partial charge in [-0.3, -0.25) is 5.41 Å². The first-order chi connectivity index (χ1) is 7.71. The Morgan fingerprint density at radius 2 is 1.94 bits per heavy atom. The van der Waals surface area contributed by atoms with Crippen molar-refractivity contribution in [3.05, 3.63) is 29.3 Å². The van der Waals surface area contributed by atoms with Crippen molar-refractivity contribution < 1.29 is 4.74 Å². The number of nitrogens with two attached hydrogens (primary N) is 1. The maximum atomic E-state index is 7.31. The monoisotopic (exact) mass is 234 g/mol.